The molecule has 0 aliphatic rings. The molecule has 0 bridgehead atoms. The molecule has 7 heteroatoms. The van der Waals surface area contributed by atoms with Crippen molar-refractivity contribution in [2.45, 2.75) is 18.9 Å². The van der Waals surface area contributed by atoms with Crippen molar-refractivity contribution in [1.82, 2.24) is 10.6 Å². The first-order valence-corrected chi connectivity index (χ1v) is 7.17. The zero-order chi connectivity index (χ0) is 17.1. The first-order chi connectivity index (χ1) is 11.0. The third-order valence-electron chi connectivity index (χ3n) is 2.90. The summed E-state index contributed by atoms with van der Waals surface area (Å²) >= 11 is 0. The third-order valence-corrected chi connectivity index (χ3v) is 2.90. The number of hydrogen-bond donors (Lipinski definition) is 3. The second-order valence-corrected chi connectivity index (χ2v) is 4.78. The lowest BCUT2D eigenvalue weighted by Crippen LogP contribution is -2.49. The van der Waals surface area contributed by atoms with Gasteiger partial charge in [0.2, 0.25) is 11.8 Å². The molecule has 0 unspecified atom stereocenters. The Bertz CT molecular complexity index is 546. The van der Waals surface area contributed by atoms with Crippen LogP contribution < -0.4 is 16.4 Å². The highest BCUT2D eigenvalue weighted by atomic mass is 16.5. The second kappa shape index (κ2) is 9.99. The van der Waals surface area contributed by atoms with E-state index in [1.54, 1.807) is 0 Å². The molecule has 0 heterocycles. The van der Waals surface area contributed by atoms with Crippen LogP contribution in [0.25, 0.3) is 0 Å². The van der Waals surface area contributed by atoms with E-state index in [4.69, 9.17) is 10.5 Å². The highest BCUT2D eigenvalue weighted by Gasteiger charge is 2.23. The van der Waals surface area contributed by atoms with Crippen molar-refractivity contribution < 1.29 is 19.1 Å². The van der Waals surface area contributed by atoms with Crippen LogP contribution in [-0.2, 0) is 20.7 Å². The minimum atomic E-state index is -1.07. The number of ether oxygens (including phenoxy) is 1. The minimum absolute atomic E-state index is 0.00471. The van der Waals surface area contributed by atoms with E-state index in [0.717, 1.165) is 5.56 Å². The van der Waals surface area contributed by atoms with E-state index in [2.05, 4.69) is 17.2 Å². The largest absolute Gasteiger partial charge is 0.445 e. The summed E-state index contributed by atoms with van der Waals surface area (Å²) in [6, 6.07) is 8.54. The summed E-state index contributed by atoms with van der Waals surface area (Å²) in [5, 5.41) is 4.97. The molecule has 0 saturated carbocycles. The Morgan fingerprint density at radius 1 is 1.26 bits per heavy atom. The maximum Gasteiger partial charge on any atom is 0.408 e. The van der Waals surface area contributed by atoms with Crippen LogP contribution in [0.2, 0.25) is 0 Å². The lowest BCUT2D eigenvalue weighted by atomic mass is 10.1. The Hall–Kier alpha value is -2.83. The van der Waals surface area contributed by atoms with E-state index < -0.39 is 23.9 Å². The molecule has 1 rings (SSSR count). The molecule has 0 saturated heterocycles. The summed E-state index contributed by atoms with van der Waals surface area (Å²) in [5.41, 5.74) is 6.17. The predicted octanol–water partition coefficient (Wildman–Crippen LogP) is 0.502. The van der Waals surface area contributed by atoms with E-state index >= 15 is 0 Å². The van der Waals surface area contributed by atoms with Crippen LogP contribution >= 0.6 is 0 Å². The van der Waals surface area contributed by atoms with E-state index in [0.29, 0.717) is 13.0 Å². The summed E-state index contributed by atoms with van der Waals surface area (Å²) < 4.78 is 4.73. The van der Waals surface area contributed by atoms with Crippen molar-refractivity contribution in [1.29, 1.82) is 0 Å². The molecule has 0 radical (unpaired) electrons. The number of alkyl carbamates (subject to hydrolysis) is 1. The Morgan fingerprint density at radius 3 is 2.57 bits per heavy atom. The second-order valence-electron chi connectivity index (χ2n) is 4.78. The van der Waals surface area contributed by atoms with Crippen LogP contribution in [0.4, 0.5) is 4.79 Å². The monoisotopic (exact) mass is 319 g/mol. The van der Waals surface area contributed by atoms with Gasteiger partial charge < -0.3 is 21.1 Å². The van der Waals surface area contributed by atoms with Gasteiger partial charge in [0.15, 0.2) is 0 Å². The Morgan fingerprint density at radius 2 is 1.96 bits per heavy atom. The van der Waals surface area contributed by atoms with Crippen molar-refractivity contribution in [2.75, 3.05) is 13.2 Å². The molecule has 1 atom stereocenters. The number of carbonyl (C=O) groups is 3. The normalized spacial score (nSPS) is 11.1. The first-order valence-electron chi connectivity index (χ1n) is 7.17. The Kier molecular flexibility index (Phi) is 7.91. The van der Waals surface area contributed by atoms with Gasteiger partial charge in [-0.25, -0.2) is 4.79 Å². The number of hydrogen-bond acceptors (Lipinski definition) is 4. The molecular weight excluding hydrogens is 298 g/mol. The lowest BCUT2D eigenvalue weighted by molar-refractivity contribution is -0.127. The number of rotatable bonds is 9. The Balaban J connectivity index is 2.49. The molecule has 0 aromatic heterocycles. The van der Waals surface area contributed by atoms with Crippen LogP contribution in [0, 0.1) is 0 Å². The third kappa shape index (κ3) is 7.66. The first kappa shape index (κ1) is 18.2. The summed E-state index contributed by atoms with van der Waals surface area (Å²) in [4.78, 5) is 34.6. The molecule has 0 spiro atoms. The van der Waals surface area contributed by atoms with Crippen molar-refractivity contribution in [3.8, 4) is 0 Å². The molecule has 7 nitrogen and oxygen atoms in total. The highest BCUT2D eigenvalue weighted by Crippen LogP contribution is 1.99. The fourth-order valence-corrected chi connectivity index (χ4v) is 1.83. The van der Waals surface area contributed by atoms with E-state index in [-0.39, 0.29) is 13.0 Å². The van der Waals surface area contributed by atoms with E-state index in [1.165, 1.54) is 6.08 Å². The fourth-order valence-electron chi connectivity index (χ4n) is 1.83. The molecular formula is C16H21N3O4. The van der Waals surface area contributed by atoms with Crippen molar-refractivity contribution in [2.24, 2.45) is 5.73 Å². The van der Waals surface area contributed by atoms with E-state index in [9.17, 15) is 14.4 Å². The molecule has 4 N–H and O–H groups in total. The average molecular weight is 319 g/mol. The molecule has 1 aromatic rings. The number of nitrogens with one attached hydrogen (secondary N) is 2. The summed E-state index contributed by atoms with van der Waals surface area (Å²) in [6.07, 6.45) is 0.911. The number of benzene rings is 1. The Labute approximate surface area is 134 Å². The van der Waals surface area contributed by atoms with Gasteiger partial charge in [-0.3, -0.25) is 9.59 Å². The number of amides is 3. The van der Waals surface area contributed by atoms with Gasteiger partial charge in [0.25, 0.3) is 0 Å². The number of nitrogens with two attached hydrogens (primary N) is 1. The van der Waals surface area contributed by atoms with Gasteiger partial charge in [-0.1, -0.05) is 43.0 Å². The van der Waals surface area contributed by atoms with Crippen LogP contribution in [0.3, 0.4) is 0 Å². The predicted molar refractivity (Wildman–Crippen MR) is 85.4 cm³/mol. The summed E-state index contributed by atoms with van der Waals surface area (Å²) in [5.74, 6) is -1.19. The topological polar surface area (TPSA) is 111 Å². The molecule has 0 fully saturated rings. The highest BCUT2D eigenvalue weighted by molar-refractivity contribution is 5.90. The smallest absolute Gasteiger partial charge is 0.408 e. The SMILES string of the molecule is C=CCOC(=O)N[C@@H](CC(N)=O)C(=O)NCCc1ccccc1. The fraction of sp³-hybridized carbons (Fsp3) is 0.312. The lowest BCUT2D eigenvalue weighted by Gasteiger charge is -2.16. The standard InChI is InChI=1S/C16H21N3O4/c1-2-10-23-16(22)19-13(11-14(17)20)15(21)18-9-8-12-6-4-3-5-7-12/h2-7,13H,1,8-11H2,(H2,17,20)(H,18,21)(H,19,22)/t13-/m0/s1. The van der Waals surface area contributed by atoms with Gasteiger partial charge in [-0.2, -0.15) is 0 Å². The van der Waals surface area contributed by atoms with Gasteiger partial charge in [0, 0.05) is 6.54 Å². The van der Waals surface area contributed by atoms with Gasteiger partial charge in [-0.05, 0) is 12.0 Å². The molecule has 3 amide bonds. The number of carbonyl (C=O) groups excluding carboxylic acids is 3. The zero-order valence-electron chi connectivity index (χ0n) is 12.8. The quantitative estimate of drug-likeness (QED) is 0.576. The van der Waals surface area contributed by atoms with Gasteiger partial charge in [0.1, 0.15) is 12.6 Å². The van der Waals surface area contributed by atoms with Gasteiger partial charge in [0.05, 0.1) is 6.42 Å². The van der Waals surface area contributed by atoms with Gasteiger partial charge >= 0.3 is 6.09 Å². The number of primary amides is 1. The summed E-state index contributed by atoms with van der Waals surface area (Å²) in [7, 11) is 0. The average Bonchev–Trinajstić information content (AvgIpc) is 2.52. The van der Waals surface area contributed by atoms with Crippen LogP contribution in [0.1, 0.15) is 12.0 Å². The van der Waals surface area contributed by atoms with Crippen LogP contribution in [0.5, 0.6) is 0 Å². The van der Waals surface area contributed by atoms with E-state index in [1.807, 2.05) is 30.3 Å². The minimum Gasteiger partial charge on any atom is -0.445 e. The zero-order valence-corrected chi connectivity index (χ0v) is 12.8. The van der Waals surface area contributed by atoms with Crippen molar-refractivity contribution in [3.63, 3.8) is 0 Å². The molecule has 23 heavy (non-hydrogen) atoms. The van der Waals surface area contributed by atoms with Gasteiger partial charge in [-0.15, -0.1) is 0 Å². The van der Waals surface area contributed by atoms with Crippen molar-refractivity contribution in [3.05, 3.63) is 48.6 Å². The van der Waals surface area contributed by atoms with Crippen molar-refractivity contribution >= 4 is 17.9 Å². The van der Waals surface area contributed by atoms with Crippen LogP contribution in [0.15, 0.2) is 43.0 Å². The van der Waals surface area contributed by atoms with Crippen LogP contribution in [-0.4, -0.2) is 37.1 Å². The molecule has 124 valence electrons. The molecule has 0 aliphatic heterocycles. The molecule has 1 aromatic carbocycles. The molecule has 0 aliphatic carbocycles. The maximum absolute atomic E-state index is 12.1. The maximum atomic E-state index is 12.1. The summed E-state index contributed by atoms with van der Waals surface area (Å²) in [6.45, 7) is 3.79.